The summed E-state index contributed by atoms with van der Waals surface area (Å²) < 4.78 is 2.15. The molecule has 0 amide bonds. The molecule has 0 unspecified atom stereocenters. The Bertz CT molecular complexity index is 533. The van der Waals surface area contributed by atoms with Crippen molar-refractivity contribution in [1.82, 2.24) is 0 Å². The fourth-order valence-electron chi connectivity index (χ4n) is 1.53. The van der Waals surface area contributed by atoms with Gasteiger partial charge in [-0.1, -0.05) is 23.8 Å². The quantitative estimate of drug-likeness (QED) is 0.743. The first kappa shape index (κ1) is 12.7. The lowest BCUT2D eigenvalue weighted by Gasteiger charge is -2.11. The molecule has 1 nitrogen and oxygen atoms in total. The van der Waals surface area contributed by atoms with Crippen molar-refractivity contribution in [3.63, 3.8) is 0 Å². The third-order valence-corrected chi connectivity index (χ3v) is 4.98. The summed E-state index contributed by atoms with van der Waals surface area (Å²) in [6, 6.07) is 12.5. The minimum Gasteiger partial charge on any atom is -0.355 e. The Kier molecular flexibility index (Phi) is 3.89. The van der Waals surface area contributed by atoms with Crippen LogP contribution in [0.25, 0.3) is 0 Å². The average molecular weight is 355 g/mol. The number of nitrogens with one attached hydrogen (secondary N) is 1. The highest BCUT2D eigenvalue weighted by atomic mass is 79.9. The van der Waals surface area contributed by atoms with Crippen molar-refractivity contribution >= 4 is 43.2 Å². The smallest absolute Gasteiger partial charge is 0.0555 e. The zero-order valence-electron chi connectivity index (χ0n) is 9.72. The topological polar surface area (TPSA) is 12.0 Å². The molecule has 0 saturated carbocycles. The van der Waals surface area contributed by atoms with Gasteiger partial charge >= 0.3 is 0 Å². The van der Waals surface area contributed by atoms with Gasteiger partial charge in [0.15, 0.2) is 0 Å². The molecule has 2 aromatic carbocycles. The second kappa shape index (κ2) is 5.23. The predicted molar refractivity (Wildman–Crippen MR) is 81.0 cm³/mol. The van der Waals surface area contributed by atoms with Crippen molar-refractivity contribution in [2.45, 2.75) is 13.8 Å². The van der Waals surface area contributed by atoms with Crippen LogP contribution in [0, 0.1) is 13.8 Å². The summed E-state index contributed by atoms with van der Waals surface area (Å²) in [6.07, 6.45) is 0. The summed E-state index contributed by atoms with van der Waals surface area (Å²) >= 11 is 7.16. The molecule has 2 aromatic rings. The van der Waals surface area contributed by atoms with Crippen LogP contribution in [0.3, 0.4) is 0 Å². The minimum absolute atomic E-state index is 1.05. The van der Waals surface area contributed by atoms with Gasteiger partial charge in [-0.15, -0.1) is 0 Å². The number of hydrogen-bond acceptors (Lipinski definition) is 1. The Hall–Kier alpha value is -0.800. The molecule has 0 saturated heterocycles. The van der Waals surface area contributed by atoms with Crippen molar-refractivity contribution < 1.29 is 0 Å². The summed E-state index contributed by atoms with van der Waals surface area (Å²) in [7, 11) is 0. The summed E-state index contributed by atoms with van der Waals surface area (Å²) in [5.41, 5.74) is 4.63. The number of benzene rings is 2. The van der Waals surface area contributed by atoms with E-state index in [2.05, 4.69) is 87.4 Å². The molecule has 0 spiro atoms. The van der Waals surface area contributed by atoms with E-state index in [1.54, 1.807) is 0 Å². The van der Waals surface area contributed by atoms with Crippen molar-refractivity contribution in [2.24, 2.45) is 0 Å². The maximum absolute atomic E-state index is 3.59. The van der Waals surface area contributed by atoms with Gasteiger partial charge in [0.2, 0.25) is 0 Å². The van der Waals surface area contributed by atoms with Crippen molar-refractivity contribution in [3.8, 4) is 0 Å². The van der Waals surface area contributed by atoms with Crippen LogP contribution >= 0.6 is 31.9 Å². The number of aryl methyl sites for hydroxylation is 2. The van der Waals surface area contributed by atoms with Crippen LogP contribution in [0.15, 0.2) is 45.3 Å². The van der Waals surface area contributed by atoms with Gasteiger partial charge in [0.25, 0.3) is 0 Å². The third kappa shape index (κ3) is 2.90. The Balaban J connectivity index is 2.30. The number of anilines is 2. The van der Waals surface area contributed by atoms with Gasteiger partial charge in [0.1, 0.15) is 0 Å². The van der Waals surface area contributed by atoms with E-state index in [9.17, 15) is 0 Å². The first-order chi connectivity index (χ1) is 8.08. The fraction of sp³-hybridized carbons (Fsp3) is 0.143. The molecule has 1 N–H and O–H groups in total. The molecule has 0 aliphatic carbocycles. The SMILES string of the molecule is Cc1ccc(Nc2ccc(C)c(Br)c2Br)cc1. The largest absolute Gasteiger partial charge is 0.355 e. The fourth-order valence-corrected chi connectivity index (χ4v) is 2.42. The molecular formula is C14H13Br2N. The van der Waals surface area contributed by atoms with Gasteiger partial charge in [0, 0.05) is 10.2 Å². The summed E-state index contributed by atoms with van der Waals surface area (Å²) in [6.45, 7) is 4.16. The Morgan fingerprint density at radius 2 is 1.47 bits per heavy atom. The van der Waals surface area contributed by atoms with E-state index in [1.165, 1.54) is 11.1 Å². The first-order valence-electron chi connectivity index (χ1n) is 5.36. The monoisotopic (exact) mass is 353 g/mol. The number of rotatable bonds is 2. The van der Waals surface area contributed by atoms with Gasteiger partial charge in [-0.25, -0.2) is 0 Å². The highest BCUT2D eigenvalue weighted by Gasteiger charge is 2.06. The van der Waals surface area contributed by atoms with Gasteiger partial charge in [-0.2, -0.15) is 0 Å². The van der Waals surface area contributed by atoms with E-state index in [0.29, 0.717) is 0 Å². The third-order valence-electron chi connectivity index (χ3n) is 2.61. The molecule has 17 heavy (non-hydrogen) atoms. The molecule has 0 bridgehead atoms. The van der Waals surface area contributed by atoms with Crippen LogP contribution in [0.1, 0.15) is 11.1 Å². The highest BCUT2D eigenvalue weighted by molar-refractivity contribution is 9.13. The van der Waals surface area contributed by atoms with Crippen LogP contribution in [0.5, 0.6) is 0 Å². The number of hydrogen-bond donors (Lipinski definition) is 1. The second-order valence-corrected chi connectivity index (χ2v) is 5.64. The molecule has 0 aliphatic heterocycles. The van der Waals surface area contributed by atoms with E-state index in [1.807, 2.05) is 0 Å². The van der Waals surface area contributed by atoms with Gasteiger partial charge in [0.05, 0.1) is 10.2 Å². The van der Waals surface area contributed by atoms with E-state index >= 15 is 0 Å². The molecule has 88 valence electrons. The highest BCUT2D eigenvalue weighted by Crippen LogP contribution is 2.34. The van der Waals surface area contributed by atoms with Crippen LogP contribution < -0.4 is 5.32 Å². The molecule has 3 heteroatoms. The zero-order valence-corrected chi connectivity index (χ0v) is 12.9. The standard InChI is InChI=1S/C14H13Br2N/c1-9-3-6-11(7-4-9)17-12-8-5-10(2)13(15)14(12)16/h3-8,17H,1-2H3. The van der Waals surface area contributed by atoms with E-state index < -0.39 is 0 Å². The van der Waals surface area contributed by atoms with Crippen LogP contribution in [0.2, 0.25) is 0 Å². The maximum Gasteiger partial charge on any atom is 0.0555 e. The second-order valence-electron chi connectivity index (χ2n) is 4.05. The normalized spacial score (nSPS) is 10.4. The lowest BCUT2D eigenvalue weighted by Crippen LogP contribution is -1.92. The van der Waals surface area contributed by atoms with Gasteiger partial charge < -0.3 is 5.32 Å². The lowest BCUT2D eigenvalue weighted by molar-refractivity contribution is 1.39. The Morgan fingerprint density at radius 3 is 2.12 bits per heavy atom. The molecule has 0 atom stereocenters. The first-order valence-corrected chi connectivity index (χ1v) is 6.95. The van der Waals surface area contributed by atoms with E-state index in [0.717, 1.165) is 20.3 Å². The Morgan fingerprint density at radius 1 is 0.824 bits per heavy atom. The van der Waals surface area contributed by atoms with Crippen LogP contribution in [-0.2, 0) is 0 Å². The molecule has 0 fully saturated rings. The molecule has 0 aromatic heterocycles. The van der Waals surface area contributed by atoms with E-state index in [4.69, 9.17) is 0 Å². The summed E-state index contributed by atoms with van der Waals surface area (Å²) in [5, 5.41) is 3.39. The van der Waals surface area contributed by atoms with Gasteiger partial charge in [-0.05, 0) is 69.5 Å². The molecular weight excluding hydrogens is 342 g/mol. The van der Waals surface area contributed by atoms with Crippen molar-refractivity contribution in [1.29, 1.82) is 0 Å². The predicted octanol–water partition coefficient (Wildman–Crippen LogP) is 5.57. The van der Waals surface area contributed by atoms with Crippen molar-refractivity contribution in [3.05, 3.63) is 56.5 Å². The molecule has 0 aliphatic rings. The lowest BCUT2D eigenvalue weighted by atomic mass is 10.2. The minimum atomic E-state index is 1.05. The molecule has 0 radical (unpaired) electrons. The summed E-state index contributed by atoms with van der Waals surface area (Å²) in [4.78, 5) is 0. The maximum atomic E-state index is 3.59. The van der Waals surface area contributed by atoms with Crippen LogP contribution in [-0.4, -0.2) is 0 Å². The van der Waals surface area contributed by atoms with Gasteiger partial charge in [-0.3, -0.25) is 0 Å². The summed E-state index contributed by atoms with van der Waals surface area (Å²) in [5.74, 6) is 0. The molecule has 0 heterocycles. The Labute approximate surface area is 119 Å². The molecule has 2 rings (SSSR count). The number of halogens is 2. The van der Waals surface area contributed by atoms with Crippen LogP contribution in [0.4, 0.5) is 11.4 Å². The average Bonchev–Trinajstić information content (AvgIpc) is 2.33. The van der Waals surface area contributed by atoms with E-state index in [-0.39, 0.29) is 0 Å². The zero-order chi connectivity index (χ0) is 12.4. The van der Waals surface area contributed by atoms with Crippen molar-refractivity contribution in [2.75, 3.05) is 5.32 Å².